The lowest BCUT2D eigenvalue weighted by molar-refractivity contribution is -0.137. The van der Waals surface area contributed by atoms with Crippen molar-refractivity contribution in [3.63, 3.8) is 0 Å². The first kappa shape index (κ1) is 13.3. The Morgan fingerprint density at radius 1 is 1.21 bits per heavy atom. The number of hydrogen-bond donors (Lipinski definition) is 0. The van der Waals surface area contributed by atoms with Gasteiger partial charge in [-0.1, -0.05) is 0 Å². The van der Waals surface area contributed by atoms with E-state index >= 15 is 0 Å². The number of rotatable bonds is 4. The van der Waals surface area contributed by atoms with E-state index in [9.17, 15) is 13.2 Å². The van der Waals surface area contributed by atoms with Gasteiger partial charge in [-0.15, -0.1) is 10.2 Å². The number of hydrogen-bond acceptors (Lipinski definition) is 4. The smallest absolute Gasteiger partial charge is 0.358 e. The summed E-state index contributed by atoms with van der Waals surface area (Å²) >= 11 is 0. The third-order valence-electron chi connectivity index (χ3n) is 2.63. The van der Waals surface area contributed by atoms with Crippen molar-refractivity contribution < 1.29 is 13.2 Å². The van der Waals surface area contributed by atoms with E-state index in [1.165, 1.54) is 6.07 Å². The van der Waals surface area contributed by atoms with Crippen molar-refractivity contribution in [2.24, 2.45) is 0 Å². The van der Waals surface area contributed by atoms with Crippen LogP contribution in [0.1, 0.15) is 5.56 Å². The molecule has 0 atom stereocenters. The zero-order valence-corrected chi connectivity index (χ0v) is 10.2. The topological polar surface area (TPSA) is 46.8 Å². The standard InChI is InChI=1S/C11H12F3N5/c1-18(4-5-19-7-16-17-8-19)10-3-2-9(6-15-10)11(12,13)14/h2-3,6-8H,4-5H2,1H3. The second-order valence-electron chi connectivity index (χ2n) is 4.02. The molecular formula is C11H12F3N5. The summed E-state index contributed by atoms with van der Waals surface area (Å²) < 4.78 is 38.9. The Bertz CT molecular complexity index is 506. The van der Waals surface area contributed by atoms with Crippen molar-refractivity contribution in [2.75, 3.05) is 18.5 Å². The largest absolute Gasteiger partial charge is 0.417 e. The lowest BCUT2D eigenvalue weighted by Gasteiger charge is -2.18. The van der Waals surface area contributed by atoms with E-state index in [1.54, 1.807) is 29.2 Å². The molecule has 0 aliphatic heterocycles. The van der Waals surface area contributed by atoms with Crippen LogP contribution in [-0.2, 0) is 12.7 Å². The second kappa shape index (κ2) is 5.25. The van der Waals surface area contributed by atoms with Crippen LogP contribution in [-0.4, -0.2) is 33.3 Å². The zero-order chi connectivity index (χ0) is 13.9. The van der Waals surface area contributed by atoms with Crippen LogP contribution in [0.3, 0.4) is 0 Å². The predicted molar refractivity (Wildman–Crippen MR) is 62.5 cm³/mol. The Morgan fingerprint density at radius 3 is 2.42 bits per heavy atom. The minimum Gasteiger partial charge on any atom is -0.358 e. The normalized spacial score (nSPS) is 11.6. The third-order valence-corrected chi connectivity index (χ3v) is 2.63. The summed E-state index contributed by atoms with van der Waals surface area (Å²) in [6.45, 7) is 1.22. The fourth-order valence-corrected chi connectivity index (χ4v) is 1.50. The molecule has 0 fully saturated rings. The molecule has 0 spiro atoms. The van der Waals surface area contributed by atoms with Crippen molar-refractivity contribution in [3.8, 4) is 0 Å². The SMILES string of the molecule is CN(CCn1cnnc1)c1ccc(C(F)(F)F)cn1. The summed E-state index contributed by atoms with van der Waals surface area (Å²) in [7, 11) is 1.76. The van der Waals surface area contributed by atoms with E-state index in [2.05, 4.69) is 15.2 Å². The highest BCUT2D eigenvalue weighted by molar-refractivity contribution is 5.38. The Labute approximate surface area is 107 Å². The predicted octanol–water partition coefficient (Wildman–Crippen LogP) is 1.83. The maximum absolute atomic E-state index is 12.4. The molecule has 0 radical (unpaired) electrons. The second-order valence-corrected chi connectivity index (χ2v) is 4.02. The minimum absolute atomic E-state index is 0.487. The molecule has 0 aromatic carbocycles. The Balaban J connectivity index is 1.97. The maximum Gasteiger partial charge on any atom is 0.417 e. The van der Waals surface area contributed by atoms with E-state index in [4.69, 9.17) is 0 Å². The molecule has 8 heteroatoms. The Hall–Kier alpha value is -2.12. The molecule has 2 heterocycles. The molecule has 5 nitrogen and oxygen atoms in total. The zero-order valence-electron chi connectivity index (χ0n) is 10.2. The van der Waals surface area contributed by atoms with Gasteiger partial charge < -0.3 is 9.47 Å². The quantitative estimate of drug-likeness (QED) is 0.851. The van der Waals surface area contributed by atoms with Crippen molar-refractivity contribution in [2.45, 2.75) is 12.7 Å². The summed E-state index contributed by atoms with van der Waals surface area (Å²) in [5, 5.41) is 7.33. The number of aromatic nitrogens is 4. The van der Waals surface area contributed by atoms with Gasteiger partial charge in [0.05, 0.1) is 5.56 Å². The van der Waals surface area contributed by atoms with Crippen molar-refractivity contribution in [1.29, 1.82) is 0 Å². The third kappa shape index (κ3) is 3.43. The number of anilines is 1. The van der Waals surface area contributed by atoms with Crippen LogP contribution in [0, 0.1) is 0 Å². The van der Waals surface area contributed by atoms with Gasteiger partial charge in [-0.2, -0.15) is 13.2 Å². The van der Waals surface area contributed by atoms with E-state index in [1.807, 2.05) is 0 Å². The van der Waals surface area contributed by atoms with Gasteiger partial charge in [0.15, 0.2) is 0 Å². The first-order valence-electron chi connectivity index (χ1n) is 5.53. The van der Waals surface area contributed by atoms with Gasteiger partial charge in [0.1, 0.15) is 18.5 Å². The summed E-state index contributed by atoms with van der Waals surface area (Å²) in [6.07, 6.45) is -0.362. The van der Waals surface area contributed by atoms with E-state index in [0.717, 1.165) is 12.3 Å². The molecule has 2 aromatic rings. The summed E-state index contributed by atoms with van der Waals surface area (Å²) in [6, 6.07) is 2.38. The van der Waals surface area contributed by atoms with Crippen LogP contribution >= 0.6 is 0 Å². The van der Waals surface area contributed by atoms with E-state index in [0.29, 0.717) is 18.9 Å². The molecule has 0 unspecified atom stereocenters. The van der Waals surface area contributed by atoms with Crippen LogP contribution in [0.15, 0.2) is 31.0 Å². The Kier molecular flexibility index (Phi) is 3.68. The van der Waals surface area contributed by atoms with Gasteiger partial charge in [-0.25, -0.2) is 4.98 Å². The molecule has 2 rings (SSSR count). The van der Waals surface area contributed by atoms with Gasteiger partial charge in [0, 0.05) is 26.3 Å². The highest BCUT2D eigenvalue weighted by Gasteiger charge is 2.30. The van der Waals surface area contributed by atoms with Crippen LogP contribution in [0.5, 0.6) is 0 Å². The van der Waals surface area contributed by atoms with Gasteiger partial charge in [0.25, 0.3) is 0 Å². The number of halogens is 3. The monoisotopic (exact) mass is 271 g/mol. The highest BCUT2D eigenvalue weighted by Crippen LogP contribution is 2.29. The summed E-state index contributed by atoms with van der Waals surface area (Å²) in [5.41, 5.74) is -0.747. The maximum atomic E-state index is 12.4. The highest BCUT2D eigenvalue weighted by atomic mass is 19.4. The van der Waals surface area contributed by atoms with E-state index < -0.39 is 11.7 Å². The average molecular weight is 271 g/mol. The molecule has 0 saturated carbocycles. The molecule has 0 N–H and O–H groups in total. The Morgan fingerprint density at radius 2 is 1.89 bits per heavy atom. The number of alkyl halides is 3. The van der Waals surface area contributed by atoms with Crippen molar-refractivity contribution in [1.82, 2.24) is 19.7 Å². The van der Waals surface area contributed by atoms with Gasteiger partial charge in [-0.05, 0) is 12.1 Å². The number of nitrogens with zero attached hydrogens (tertiary/aromatic N) is 5. The number of pyridine rings is 1. The molecule has 0 aliphatic rings. The fraction of sp³-hybridized carbons (Fsp3) is 0.364. The van der Waals surface area contributed by atoms with E-state index in [-0.39, 0.29) is 0 Å². The molecule has 0 amide bonds. The lowest BCUT2D eigenvalue weighted by atomic mass is 10.3. The number of likely N-dealkylation sites (N-methyl/N-ethyl adjacent to an activating group) is 1. The minimum atomic E-state index is -4.35. The molecule has 19 heavy (non-hydrogen) atoms. The summed E-state index contributed by atoms with van der Waals surface area (Å²) in [5.74, 6) is 0.487. The average Bonchev–Trinajstić information content (AvgIpc) is 2.88. The fourth-order valence-electron chi connectivity index (χ4n) is 1.50. The molecule has 0 aliphatic carbocycles. The molecule has 0 bridgehead atoms. The molecule has 0 saturated heterocycles. The summed E-state index contributed by atoms with van der Waals surface area (Å²) in [4.78, 5) is 5.57. The molecule has 102 valence electrons. The van der Waals surface area contributed by atoms with Crippen LogP contribution in [0.4, 0.5) is 19.0 Å². The van der Waals surface area contributed by atoms with Crippen LogP contribution in [0.2, 0.25) is 0 Å². The first-order chi connectivity index (χ1) is 8.97. The van der Waals surface area contributed by atoms with Crippen LogP contribution in [0.25, 0.3) is 0 Å². The van der Waals surface area contributed by atoms with Crippen molar-refractivity contribution in [3.05, 3.63) is 36.5 Å². The lowest BCUT2D eigenvalue weighted by Crippen LogP contribution is -2.23. The van der Waals surface area contributed by atoms with Gasteiger partial charge in [-0.3, -0.25) is 0 Å². The first-order valence-corrected chi connectivity index (χ1v) is 5.53. The van der Waals surface area contributed by atoms with Gasteiger partial charge >= 0.3 is 6.18 Å². The van der Waals surface area contributed by atoms with Crippen LogP contribution < -0.4 is 4.90 Å². The van der Waals surface area contributed by atoms with Gasteiger partial charge in [0.2, 0.25) is 0 Å². The van der Waals surface area contributed by atoms with Crippen molar-refractivity contribution >= 4 is 5.82 Å². The molecule has 2 aromatic heterocycles. The molecular weight excluding hydrogens is 259 g/mol.